The summed E-state index contributed by atoms with van der Waals surface area (Å²) in [5, 5.41) is 0.613. The average molecular weight is 357 g/mol. The molecule has 2 aliphatic heterocycles. The standard InChI is InChI=1S/C15H21ClN4O2S/c1-15(2)9-19(4-5-20(15)23(3,21)22)13-7-10(16)6-11-12(13)8-18-14(11)17/h6-7H,4-5,8-9H2,1-3H3,(H2,17,18). The third-order valence-electron chi connectivity index (χ3n) is 4.44. The van der Waals surface area contributed by atoms with E-state index in [2.05, 4.69) is 9.89 Å². The van der Waals surface area contributed by atoms with Crippen LogP contribution in [0.5, 0.6) is 0 Å². The van der Waals surface area contributed by atoms with Crippen molar-refractivity contribution in [2.45, 2.75) is 25.9 Å². The van der Waals surface area contributed by atoms with Gasteiger partial charge in [0, 0.05) is 47.0 Å². The molecule has 0 amide bonds. The molecule has 1 aromatic carbocycles. The molecule has 0 unspecified atom stereocenters. The third kappa shape index (κ3) is 2.93. The Balaban J connectivity index is 1.96. The molecular formula is C15H21ClN4O2S. The molecule has 2 N–H and O–H groups in total. The van der Waals surface area contributed by atoms with Gasteiger partial charge in [-0.3, -0.25) is 4.99 Å². The molecule has 2 heterocycles. The van der Waals surface area contributed by atoms with Gasteiger partial charge in [0.2, 0.25) is 10.0 Å². The Bertz CT molecular complexity index is 789. The number of piperazine rings is 1. The lowest BCUT2D eigenvalue weighted by atomic mass is 9.99. The van der Waals surface area contributed by atoms with Gasteiger partial charge in [0.15, 0.2) is 0 Å². The lowest BCUT2D eigenvalue weighted by Crippen LogP contribution is -2.61. The van der Waals surface area contributed by atoms with Crippen LogP contribution in [0.1, 0.15) is 25.0 Å². The number of benzene rings is 1. The number of anilines is 1. The van der Waals surface area contributed by atoms with Crippen molar-refractivity contribution in [1.29, 1.82) is 0 Å². The Hall–Kier alpha value is -1.31. The van der Waals surface area contributed by atoms with Gasteiger partial charge >= 0.3 is 0 Å². The number of rotatable bonds is 2. The van der Waals surface area contributed by atoms with Gasteiger partial charge in [0.1, 0.15) is 5.84 Å². The maximum Gasteiger partial charge on any atom is 0.211 e. The van der Waals surface area contributed by atoms with E-state index in [1.54, 1.807) is 4.31 Å². The summed E-state index contributed by atoms with van der Waals surface area (Å²) in [6, 6.07) is 3.75. The Morgan fingerprint density at radius 3 is 2.61 bits per heavy atom. The topological polar surface area (TPSA) is 79.0 Å². The number of nitrogens with zero attached hydrogens (tertiary/aromatic N) is 3. The molecule has 0 aromatic heterocycles. The summed E-state index contributed by atoms with van der Waals surface area (Å²) < 4.78 is 25.5. The van der Waals surface area contributed by atoms with Crippen LogP contribution in [0.4, 0.5) is 5.69 Å². The summed E-state index contributed by atoms with van der Waals surface area (Å²) in [5.74, 6) is 0.512. The molecule has 0 bridgehead atoms. The van der Waals surface area contributed by atoms with Crippen molar-refractivity contribution in [2.75, 3.05) is 30.8 Å². The molecule has 1 saturated heterocycles. The SMILES string of the molecule is CC1(C)CN(c2cc(Cl)cc3c2CN=C3N)CCN1S(C)(=O)=O. The second-order valence-corrected chi connectivity index (χ2v) is 9.06. The van der Waals surface area contributed by atoms with Crippen molar-refractivity contribution in [2.24, 2.45) is 10.7 Å². The average Bonchev–Trinajstić information content (AvgIpc) is 2.77. The van der Waals surface area contributed by atoms with E-state index in [4.69, 9.17) is 17.3 Å². The Labute approximate surface area is 142 Å². The highest BCUT2D eigenvalue weighted by atomic mass is 35.5. The predicted molar refractivity (Wildman–Crippen MR) is 93.7 cm³/mol. The summed E-state index contributed by atoms with van der Waals surface area (Å²) in [5.41, 5.74) is 8.39. The van der Waals surface area contributed by atoms with Crippen LogP contribution in [0.3, 0.4) is 0 Å². The minimum absolute atomic E-state index is 0.448. The number of hydrogen-bond donors (Lipinski definition) is 1. The van der Waals surface area contributed by atoms with E-state index in [1.165, 1.54) is 6.26 Å². The number of nitrogens with two attached hydrogens (primary N) is 1. The molecule has 126 valence electrons. The van der Waals surface area contributed by atoms with Crippen molar-refractivity contribution in [1.82, 2.24) is 4.31 Å². The molecule has 2 aliphatic rings. The van der Waals surface area contributed by atoms with Crippen LogP contribution in [0, 0.1) is 0 Å². The van der Waals surface area contributed by atoms with Crippen LogP contribution in [0.25, 0.3) is 0 Å². The van der Waals surface area contributed by atoms with Crippen molar-refractivity contribution >= 4 is 33.1 Å². The van der Waals surface area contributed by atoms with Crippen LogP contribution < -0.4 is 10.6 Å². The van der Waals surface area contributed by atoms with Crippen LogP contribution in [0.2, 0.25) is 5.02 Å². The highest BCUT2D eigenvalue weighted by Gasteiger charge is 2.39. The highest BCUT2D eigenvalue weighted by molar-refractivity contribution is 7.88. The number of hydrogen-bond acceptors (Lipinski definition) is 5. The van der Waals surface area contributed by atoms with Gasteiger partial charge < -0.3 is 10.6 Å². The van der Waals surface area contributed by atoms with Crippen molar-refractivity contribution in [3.8, 4) is 0 Å². The summed E-state index contributed by atoms with van der Waals surface area (Å²) in [4.78, 5) is 6.48. The zero-order chi connectivity index (χ0) is 17.0. The Kier molecular flexibility index (Phi) is 3.85. The van der Waals surface area contributed by atoms with Crippen molar-refractivity contribution in [3.05, 3.63) is 28.3 Å². The van der Waals surface area contributed by atoms with Gasteiger partial charge in [0.25, 0.3) is 0 Å². The molecule has 0 saturated carbocycles. The minimum atomic E-state index is -3.23. The van der Waals surface area contributed by atoms with Gasteiger partial charge in [-0.1, -0.05) is 11.6 Å². The number of halogens is 1. The molecule has 0 spiro atoms. The fourth-order valence-corrected chi connectivity index (χ4v) is 5.09. The van der Waals surface area contributed by atoms with Gasteiger partial charge in [-0.15, -0.1) is 0 Å². The Morgan fingerprint density at radius 2 is 2.00 bits per heavy atom. The Morgan fingerprint density at radius 1 is 1.30 bits per heavy atom. The maximum absolute atomic E-state index is 12.0. The number of amidine groups is 1. The first kappa shape index (κ1) is 16.5. The molecule has 0 atom stereocenters. The molecule has 8 heteroatoms. The smallest absolute Gasteiger partial charge is 0.211 e. The molecule has 23 heavy (non-hydrogen) atoms. The summed E-state index contributed by atoms with van der Waals surface area (Å²) in [6.07, 6.45) is 1.26. The van der Waals surface area contributed by atoms with E-state index >= 15 is 0 Å². The van der Waals surface area contributed by atoms with Gasteiger partial charge in [-0.2, -0.15) is 4.31 Å². The summed E-state index contributed by atoms with van der Waals surface area (Å²) >= 11 is 6.24. The molecule has 3 rings (SSSR count). The molecule has 1 aromatic rings. The van der Waals surface area contributed by atoms with Gasteiger partial charge in [-0.05, 0) is 26.0 Å². The van der Waals surface area contributed by atoms with Crippen LogP contribution in [-0.4, -0.2) is 50.0 Å². The summed E-state index contributed by atoms with van der Waals surface area (Å²) in [7, 11) is -3.23. The second kappa shape index (κ2) is 5.36. The fraction of sp³-hybridized carbons (Fsp3) is 0.533. The largest absolute Gasteiger partial charge is 0.383 e. The zero-order valence-electron chi connectivity index (χ0n) is 13.5. The monoisotopic (exact) mass is 356 g/mol. The van der Waals surface area contributed by atoms with Crippen LogP contribution in [0.15, 0.2) is 17.1 Å². The van der Waals surface area contributed by atoms with Gasteiger partial charge in [-0.25, -0.2) is 8.42 Å². The van der Waals surface area contributed by atoms with Crippen LogP contribution in [-0.2, 0) is 16.6 Å². The zero-order valence-corrected chi connectivity index (χ0v) is 15.1. The molecular weight excluding hydrogens is 336 g/mol. The van der Waals surface area contributed by atoms with Crippen molar-refractivity contribution < 1.29 is 8.42 Å². The fourth-order valence-electron chi connectivity index (χ4n) is 3.51. The molecule has 0 aliphatic carbocycles. The lowest BCUT2D eigenvalue weighted by molar-refractivity contribution is 0.206. The van der Waals surface area contributed by atoms with E-state index in [1.807, 2.05) is 26.0 Å². The first-order chi connectivity index (χ1) is 10.6. The van der Waals surface area contributed by atoms with Gasteiger partial charge in [0.05, 0.1) is 12.8 Å². The minimum Gasteiger partial charge on any atom is -0.383 e. The summed E-state index contributed by atoms with van der Waals surface area (Å²) in [6.45, 7) is 6.07. The number of aliphatic imine (C=N–C) groups is 1. The van der Waals surface area contributed by atoms with Crippen LogP contribution >= 0.6 is 11.6 Å². The molecule has 0 radical (unpaired) electrons. The quantitative estimate of drug-likeness (QED) is 0.869. The normalized spacial score (nSPS) is 21.2. The molecule has 6 nitrogen and oxygen atoms in total. The second-order valence-electron chi connectivity index (χ2n) is 6.72. The van der Waals surface area contributed by atoms with E-state index in [0.717, 1.165) is 16.8 Å². The lowest BCUT2D eigenvalue weighted by Gasteiger charge is -2.46. The van der Waals surface area contributed by atoms with E-state index < -0.39 is 15.6 Å². The first-order valence-electron chi connectivity index (χ1n) is 7.45. The van der Waals surface area contributed by atoms with E-state index in [0.29, 0.717) is 37.0 Å². The first-order valence-corrected chi connectivity index (χ1v) is 9.68. The number of sulfonamides is 1. The maximum atomic E-state index is 12.0. The highest BCUT2D eigenvalue weighted by Crippen LogP contribution is 2.35. The van der Waals surface area contributed by atoms with E-state index in [-0.39, 0.29) is 0 Å². The van der Waals surface area contributed by atoms with Crippen molar-refractivity contribution in [3.63, 3.8) is 0 Å². The third-order valence-corrected chi connectivity index (χ3v) is 6.14. The van der Waals surface area contributed by atoms with E-state index in [9.17, 15) is 8.42 Å². The number of fused-ring (bicyclic) bond motifs is 1. The molecule has 1 fully saturated rings. The predicted octanol–water partition coefficient (Wildman–Crippen LogP) is 1.42.